The molecule has 1 fully saturated rings. The number of phenolic OH excluding ortho intramolecular Hbond substituents is 1. The number of rotatable bonds is 6. The van der Waals surface area contributed by atoms with Crippen LogP contribution in [0.1, 0.15) is 12.0 Å². The van der Waals surface area contributed by atoms with Crippen LogP contribution in [-0.2, 0) is 4.74 Å². The van der Waals surface area contributed by atoms with Crippen molar-refractivity contribution in [3.05, 3.63) is 60.3 Å². The molecule has 0 radical (unpaired) electrons. The second-order valence-corrected chi connectivity index (χ2v) is 6.01. The summed E-state index contributed by atoms with van der Waals surface area (Å²) in [6.45, 7) is 2.58. The van der Waals surface area contributed by atoms with Crippen LogP contribution in [-0.4, -0.2) is 34.6 Å². The van der Waals surface area contributed by atoms with Gasteiger partial charge in [-0.05, 0) is 43.3 Å². The van der Waals surface area contributed by atoms with E-state index < -0.39 is 0 Å². The molecule has 132 valence electrons. The van der Waals surface area contributed by atoms with Crippen LogP contribution in [0.3, 0.4) is 0 Å². The highest BCUT2D eigenvalue weighted by Crippen LogP contribution is 2.25. The van der Waals surface area contributed by atoms with Crippen LogP contribution in [0.5, 0.6) is 5.75 Å². The molecule has 6 N–H and O–H groups in total. The molecule has 1 saturated heterocycles. The van der Waals surface area contributed by atoms with Gasteiger partial charge in [-0.2, -0.15) is 5.10 Å². The fraction of sp³-hybridized carbons (Fsp3) is 0.278. The third-order valence-corrected chi connectivity index (χ3v) is 4.14. The number of nitrogens with zero attached hydrogens (tertiary/aromatic N) is 2. The van der Waals surface area contributed by atoms with Gasteiger partial charge in [0.2, 0.25) is 0 Å². The molecule has 1 aromatic heterocycles. The summed E-state index contributed by atoms with van der Waals surface area (Å²) < 4.78 is 7.19. The van der Waals surface area contributed by atoms with Crippen molar-refractivity contribution in [3.63, 3.8) is 0 Å². The fourth-order valence-electron chi connectivity index (χ4n) is 2.71. The van der Waals surface area contributed by atoms with Crippen LogP contribution in [0.15, 0.2) is 54.7 Å². The highest BCUT2D eigenvalue weighted by Gasteiger charge is 2.14. The molecular formula is C18H23N5O2. The zero-order chi connectivity index (χ0) is 17.6. The van der Waals surface area contributed by atoms with Gasteiger partial charge in [-0.25, -0.2) is 4.68 Å². The molecule has 7 nitrogen and oxygen atoms in total. The van der Waals surface area contributed by atoms with Crippen molar-refractivity contribution < 1.29 is 9.84 Å². The average molecular weight is 341 g/mol. The Kier molecular flexibility index (Phi) is 5.25. The van der Waals surface area contributed by atoms with E-state index in [1.165, 1.54) is 0 Å². The molecule has 0 saturated carbocycles. The maximum atomic E-state index is 10.2. The molecule has 7 heteroatoms. The number of aromatic hydroxyl groups is 1. The number of aromatic nitrogens is 2. The average Bonchev–Trinajstić information content (AvgIpc) is 3.31. The van der Waals surface area contributed by atoms with Gasteiger partial charge in [0.1, 0.15) is 5.75 Å². The van der Waals surface area contributed by atoms with Crippen molar-refractivity contribution in [3.8, 4) is 11.4 Å². The standard InChI is InChI=1S/C18H23N5O2/c19-16(4-5-18(20)25-12-13-6-8-21-11-13)15-3-2-14(10-17(15)24)23-9-1-7-22-23/h1-5,7,9-10,13,21,24H,6,8,11-12,19-20H2/b16-4-,18-5+. The zero-order valence-electron chi connectivity index (χ0n) is 13.9. The third kappa shape index (κ3) is 4.33. The Morgan fingerprint density at radius 3 is 2.96 bits per heavy atom. The second-order valence-electron chi connectivity index (χ2n) is 6.01. The lowest BCUT2D eigenvalue weighted by Crippen LogP contribution is -2.15. The molecule has 1 aliphatic heterocycles. The van der Waals surface area contributed by atoms with Crippen LogP contribution < -0.4 is 16.8 Å². The van der Waals surface area contributed by atoms with Crippen molar-refractivity contribution in [2.24, 2.45) is 17.4 Å². The molecule has 1 aliphatic rings. The van der Waals surface area contributed by atoms with Crippen molar-refractivity contribution in [2.45, 2.75) is 6.42 Å². The SMILES string of the molecule is N/C(=C\C=C(/N)OCC1CCNC1)c1ccc(-n2cccn2)cc1O. The summed E-state index contributed by atoms with van der Waals surface area (Å²) in [5, 5.41) is 17.6. The van der Waals surface area contributed by atoms with E-state index in [9.17, 15) is 5.11 Å². The Labute approximate surface area is 146 Å². The molecular weight excluding hydrogens is 318 g/mol. The van der Waals surface area contributed by atoms with Crippen LogP contribution in [0.25, 0.3) is 11.4 Å². The highest BCUT2D eigenvalue weighted by molar-refractivity contribution is 5.70. The first-order valence-corrected chi connectivity index (χ1v) is 8.23. The minimum Gasteiger partial charge on any atom is -0.507 e. The lowest BCUT2D eigenvalue weighted by atomic mass is 10.1. The Bertz CT molecular complexity index is 762. The minimum absolute atomic E-state index is 0.0756. The number of phenols is 1. The largest absolute Gasteiger partial charge is 0.507 e. The molecule has 0 spiro atoms. The number of hydrogen-bond acceptors (Lipinski definition) is 6. The molecule has 0 aliphatic carbocycles. The van der Waals surface area contributed by atoms with Gasteiger partial charge < -0.3 is 26.6 Å². The quantitative estimate of drug-likeness (QED) is 0.465. The van der Waals surface area contributed by atoms with Crippen molar-refractivity contribution in [1.82, 2.24) is 15.1 Å². The van der Waals surface area contributed by atoms with Gasteiger partial charge in [-0.1, -0.05) is 0 Å². The maximum absolute atomic E-state index is 10.2. The van der Waals surface area contributed by atoms with Crippen molar-refractivity contribution in [1.29, 1.82) is 0 Å². The normalized spacial score (nSPS) is 18.5. The van der Waals surface area contributed by atoms with E-state index in [-0.39, 0.29) is 5.75 Å². The summed E-state index contributed by atoms with van der Waals surface area (Å²) in [5.74, 6) is 0.876. The summed E-state index contributed by atoms with van der Waals surface area (Å²) in [7, 11) is 0. The van der Waals surface area contributed by atoms with E-state index in [2.05, 4.69) is 10.4 Å². The molecule has 3 rings (SSSR count). The van der Waals surface area contributed by atoms with Crippen molar-refractivity contribution in [2.75, 3.05) is 19.7 Å². The monoisotopic (exact) mass is 341 g/mol. The lowest BCUT2D eigenvalue weighted by Gasteiger charge is -2.10. The molecule has 2 aromatic rings. The van der Waals surface area contributed by atoms with E-state index in [4.69, 9.17) is 16.2 Å². The number of hydrogen-bond donors (Lipinski definition) is 4. The van der Waals surface area contributed by atoms with Gasteiger partial charge in [0.05, 0.1) is 12.3 Å². The minimum atomic E-state index is 0.0756. The fourth-order valence-corrected chi connectivity index (χ4v) is 2.71. The molecule has 1 atom stereocenters. The smallest absolute Gasteiger partial charge is 0.183 e. The topological polar surface area (TPSA) is 111 Å². The third-order valence-electron chi connectivity index (χ3n) is 4.14. The van der Waals surface area contributed by atoms with Crippen LogP contribution in [0.2, 0.25) is 0 Å². The number of benzene rings is 1. The lowest BCUT2D eigenvalue weighted by molar-refractivity contribution is 0.170. The van der Waals surface area contributed by atoms with E-state index in [1.807, 2.05) is 12.1 Å². The predicted octanol–water partition coefficient (Wildman–Crippen LogP) is 1.30. The first kappa shape index (κ1) is 16.9. The summed E-state index contributed by atoms with van der Waals surface area (Å²) in [6, 6.07) is 7.00. The van der Waals surface area contributed by atoms with Gasteiger partial charge in [0.25, 0.3) is 0 Å². The number of allylic oxidation sites excluding steroid dienone is 2. The summed E-state index contributed by atoms with van der Waals surface area (Å²) in [5.41, 5.74) is 13.6. The molecule has 25 heavy (non-hydrogen) atoms. The Morgan fingerprint density at radius 2 is 2.28 bits per heavy atom. The second kappa shape index (κ2) is 7.76. The van der Waals surface area contributed by atoms with Gasteiger partial charge in [0, 0.05) is 42.2 Å². The number of ether oxygens (including phenoxy) is 1. The number of nitrogens with one attached hydrogen (secondary N) is 1. The van der Waals surface area contributed by atoms with E-state index in [0.717, 1.165) is 25.2 Å². The first-order valence-electron chi connectivity index (χ1n) is 8.23. The van der Waals surface area contributed by atoms with Crippen molar-refractivity contribution >= 4 is 5.70 Å². The van der Waals surface area contributed by atoms with Crippen LogP contribution in [0.4, 0.5) is 0 Å². The summed E-state index contributed by atoms with van der Waals surface area (Å²) in [4.78, 5) is 0. The maximum Gasteiger partial charge on any atom is 0.183 e. The Morgan fingerprint density at radius 1 is 1.40 bits per heavy atom. The van der Waals surface area contributed by atoms with E-state index >= 15 is 0 Å². The highest BCUT2D eigenvalue weighted by atomic mass is 16.5. The molecule has 0 bridgehead atoms. The predicted molar refractivity (Wildman–Crippen MR) is 96.6 cm³/mol. The Hall–Kier alpha value is -2.93. The van der Waals surface area contributed by atoms with Gasteiger partial charge >= 0.3 is 0 Å². The molecule has 1 aromatic carbocycles. The summed E-state index contributed by atoms with van der Waals surface area (Å²) in [6.07, 6.45) is 7.81. The van der Waals surface area contributed by atoms with Crippen LogP contribution in [0, 0.1) is 5.92 Å². The molecule has 2 heterocycles. The van der Waals surface area contributed by atoms with Gasteiger partial charge in [-0.3, -0.25) is 0 Å². The molecule has 0 amide bonds. The van der Waals surface area contributed by atoms with Gasteiger partial charge in [0.15, 0.2) is 5.88 Å². The van der Waals surface area contributed by atoms with Crippen LogP contribution >= 0.6 is 0 Å². The molecule has 1 unspecified atom stereocenters. The Balaban J connectivity index is 1.65. The zero-order valence-corrected chi connectivity index (χ0v) is 13.9. The van der Waals surface area contributed by atoms with Gasteiger partial charge in [-0.15, -0.1) is 0 Å². The first-order chi connectivity index (χ1) is 12.1. The summed E-state index contributed by atoms with van der Waals surface area (Å²) >= 11 is 0. The van der Waals surface area contributed by atoms with E-state index in [0.29, 0.717) is 29.7 Å². The van der Waals surface area contributed by atoms with E-state index in [1.54, 1.807) is 41.4 Å². The number of nitrogens with two attached hydrogens (primary N) is 2.